The number of hydrogen-bond donors (Lipinski definition) is 0. The van der Waals surface area contributed by atoms with Gasteiger partial charge in [0.15, 0.2) is 0 Å². The average Bonchev–Trinajstić information content (AvgIpc) is 2.94. The van der Waals surface area contributed by atoms with Crippen LogP contribution in [-0.4, -0.2) is 33.8 Å². The number of aryl methyl sites for hydroxylation is 1. The van der Waals surface area contributed by atoms with Crippen LogP contribution in [0.1, 0.15) is 29.1 Å². The predicted octanol–water partition coefficient (Wildman–Crippen LogP) is 1.47. The molecule has 6 nitrogen and oxygen atoms in total. The molecule has 0 atom stereocenters. The maximum absolute atomic E-state index is 12.0. The van der Waals surface area contributed by atoms with Gasteiger partial charge in [0.1, 0.15) is 0 Å². The Kier molecular flexibility index (Phi) is 4.24. The SMILES string of the molecule is CCc1nnc(CN(C)C(=O)C(=O)c2ccccc2)o1. The molecule has 1 aromatic heterocycles. The first kappa shape index (κ1) is 13.9. The highest BCUT2D eigenvalue weighted by molar-refractivity contribution is 6.42. The number of nitrogens with zero attached hydrogens (tertiary/aromatic N) is 3. The molecule has 1 aromatic carbocycles. The Balaban J connectivity index is 2.03. The number of ketones is 1. The van der Waals surface area contributed by atoms with Crippen LogP contribution in [0.2, 0.25) is 0 Å². The van der Waals surface area contributed by atoms with Crippen LogP contribution in [0.25, 0.3) is 0 Å². The van der Waals surface area contributed by atoms with Crippen molar-refractivity contribution in [2.45, 2.75) is 19.9 Å². The fourth-order valence-electron chi connectivity index (χ4n) is 1.66. The minimum atomic E-state index is -0.604. The third kappa shape index (κ3) is 3.09. The lowest BCUT2D eigenvalue weighted by Crippen LogP contribution is -2.33. The molecule has 0 fully saturated rings. The first-order valence-electron chi connectivity index (χ1n) is 6.28. The number of Topliss-reactive ketones (excluding diaryl/α,β-unsaturated/α-hetero) is 1. The van der Waals surface area contributed by atoms with E-state index in [1.165, 1.54) is 11.9 Å². The summed E-state index contributed by atoms with van der Waals surface area (Å²) in [6, 6.07) is 8.43. The summed E-state index contributed by atoms with van der Waals surface area (Å²) in [5.41, 5.74) is 0.365. The third-order valence-corrected chi connectivity index (χ3v) is 2.76. The Hall–Kier alpha value is -2.50. The minimum Gasteiger partial charge on any atom is -0.423 e. The van der Waals surface area contributed by atoms with Gasteiger partial charge in [0.05, 0.1) is 6.54 Å². The number of amides is 1. The molecule has 6 heteroatoms. The molecule has 2 rings (SSSR count). The van der Waals surface area contributed by atoms with E-state index in [4.69, 9.17) is 4.42 Å². The van der Waals surface area contributed by atoms with Crippen molar-refractivity contribution in [2.75, 3.05) is 7.05 Å². The maximum Gasteiger partial charge on any atom is 0.295 e. The van der Waals surface area contributed by atoms with E-state index in [9.17, 15) is 9.59 Å². The summed E-state index contributed by atoms with van der Waals surface area (Å²) in [6.45, 7) is 2.01. The summed E-state index contributed by atoms with van der Waals surface area (Å²) in [7, 11) is 1.53. The van der Waals surface area contributed by atoms with E-state index in [0.29, 0.717) is 23.8 Å². The molecular formula is C14H15N3O3. The predicted molar refractivity (Wildman–Crippen MR) is 70.9 cm³/mol. The van der Waals surface area contributed by atoms with Gasteiger partial charge in [0.2, 0.25) is 17.6 Å². The number of carbonyl (C=O) groups is 2. The fraction of sp³-hybridized carbons (Fsp3) is 0.286. The Bertz CT molecular complexity index is 607. The molecule has 2 aromatic rings. The molecule has 0 aliphatic carbocycles. The Morgan fingerprint density at radius 3 is 2.40 bits per heavy atom. The monoisotopic (exact) mass is 273 g/mol. The van der Waals surface area contributed by atoms with Crippen LogP contribution in [0, 0.1) is 0 Å². The lowest BCUT2D eigenvalue weighted by atomic mass is 10.1. The van der Waals surface area contributed by atoms with Crippen LogP contribution in [-0.2, 0) is 17.8 Å². The molecule has 20 heavy (non-hydrogen) atoms. The number of aromatic nitrogens is 2. The highest BCUT2D eigenvalue weighted by Crippen LogP contribution is 2.07. The summed E-state index contributed by atoms with van der Waals surface area (Å²) >= 11 is 0. The molecule has 0 spiro atoms. The second-order valence-electron chi connectivity index (χ2n) is 4.30. The van der Waals surface area contributed by atoms with Gasteiger partial charge in [-0.1, -0.05) is 37.3 Å². The number of carbonyl (C=O) groups excluding carboxylic acids is 2. The summed E-state index contributed by atoms with van der Waals surface area (Å²) in [5, 5.41) is 7.63. The van der Waals surface area contributed by atoms with Gasteiger partial charge in [0, 0.05) is 19.0 Å². The van der Waals surface area contributed by atoms with Crippen LogP contribution in [0.5, 0.6) is 0 Å². The second-order valence-corrected chi connectivity index (χ2v) is 4.30. The Morgan fingerprint density at radius 1 is 1.15 bits per heavy atom. The molecule has 0 bridgehead atoms. The number of rotatable bonds is 5. The Morgan fingerprint density at radius 2 is 1.80 bits per heavy atom. The van der Waals surface area contributed by atoms with E-state index < -0.39 is 11.7 Å². The molecule has 1 heterocycles. The average molecular weight is 273 g/mol. The van der Waals surface area contributed by atoms with Crippen LogP contribution < -0.4 is 0 Å². The lowest BCUT2D eigenvalue weighted by molar-refractivity contribution is -0.126. The van der Waals surface area contributed by atoms with Crippen LogP contribution in [0.3, 0.4) is 0 Å². The molecule has 104 valence electrons. The van der Waals surface area contributed by atoms with E-state index in [1.807, 2.05) is 6.92 Å². The molecule has 0 saturated carbocycles. The van der Waals surface area contributed by atoms with E-state index in [0.717, 1.165) is 0 Å². The number of likely N-dealkylation sites (N-methyl/N-ethyl adjacent to an activating group) is 1. The molecule has 0 aliphatic heterocycles. The molecule has 0 unspecified atom stereocenters. The number of benzene rings is 1. The summed E-state index contributed by atoms with van der Waals surface area (Å²) in [4.78, 5) is 25.3. The first-order chi connectivity index (χ1) is 9.61. The fourth-order valence-corrected chi connectivity index (χ4v) is 1.66. The summed E-state index contributed by atoms with van der Waals surface area (Å²) < 4.78 is 5.31. The van der Waals surface area contributed by atoms with Crippen molar-refractivity contribution >= 4 is 11.7 Å². The zero-order valence-corrected chi connectivity index (χ0v) is 11.4. The summed E-state index contributed by atoms with van der Waals surface area (Å²) in [6.07, 6.45) is 0.633. The third-order valence-electron chi connectivity index (χ3n) is 2.76. The van der Waals surface area contributed by atoms with Crippen molar-refractivity contribution in [2.24, 2.45) is 0 Å². The van der Waals surface area contributed by atoms with Crippen molar-refractivity contribution in [3.63, 3.8) is 0 Å². The maximum atomic E-state index is 12.0. The van der Waals surface area contributed by atoms with Gasteiger partial charge in [-0.2, -0.15) is 0 Å². The second kappa shape index (κ2) is 6.10. The van der Waals surface area contributed by atoms with Gasteiger partial charge in [-0.25, -0.2) is 0 Å². The topological polar surface area (TPSA) is 76.3 Å². The van der Waals surface area contributed by atoms with E-state index >= 15 is 0 Å². The van der Waals surface area contributed by atoms with Crippen LogP contribution >= 0.6 is 0 Å². The molecular weight excluding hydrogens is 258 g/mol. The van der Waals surface area contributed by atoms with E-state index in [-0.39, 0.29) is 6.54 Å². The molecule has 0 N–H and O–H groups in total. The molecule has 0 saturated heterocycles. The van der Waals surface area contributed by atoms with Gasteiger partial charge in [0.25, 0.3) is 5.91 Å². The molecule has 1 amide bonds. The zero-order chi connectivity index (χ0) is 14.5. The normalized spacial score (nSPS) is 10.3. The quantitative estimate of drug-likeness (QED) is 0.609. The Labute approximate surface area is 116 Å². The highest BCUT2D eigenvalue weighted by atomic mass is 16.4. The van der Waals surface area contributed by atoms with Gasteiger partial charge < -0.3 is 9.32 Å². The van der Waals surface area contributed by atoms with Crippen molar-refractivity contribution in [3.8, 4) is 0 Å². The van der Waals surface area contributed by atoms with Gasteiger partial charge in [-0.05, 0) is 0 Å². The largest absolute Gasteiger partial charge is 0.423 e. The van der Waals surface area contributed by atoms with Crippen LogP contribution in [0.15, 0.2) is 34.7 Å². The van der Waals surface area contributed by atoms with Crippen molar-refractivity contribution in [3.05, 3.63) is 47.7 Å². The first-order valence-corrected chi connectivity index (χ1v) is 6.28. The standard InChI is InChI=1S/C14H15N3O3/c1-3-11-15-16-12(20-11)9-17(2)14(19)13(18)10-7-5-4-6-8-10/h4-8H,3,9H2,1-2H3. The smallest absolute Gasteiger partial charge is 0.295 e. The highest BCUT2D eigenvalue weighted by Gasteiger charge is 2.21. The number of hydrogen-bond acceptors (Lipinski definition) is 5. The summed E-state index contributed by atoms with van der Waals surface area (Å²) in [5.74, 6) is -0.329. The minimum absolute atomic E-state index is 0.115. The molecule has 0 aliphatic rings. The van der Waals surface area contributed by atoms with Gasteiger partial charge in [-0.3, -0.25) is 9.59 Å². The van der Waals surface area contributed by atoms with Crippen LogP contribution in [0.4, 0.5) is 0 Å². The lowest BCUT2D eigenvalue weighted by Gasteiger charge is -2.13. The molecule has 0 radical (unpaired) electrons. The van der Waals surface area contributed by atoms with Crippen molar-refractivity contribution in [1.82, 2.24) is 15.1 Å². The van der Waals surface area contributed by atoms with Gasteiger partial charge in [-0.15, -0.1) is 10.2 Å². The van der Waals surface area contributed by atoms with E-state index in [2.05, 4.69) is 10.2 Å². The van der Waals surface area contributed by atoms with Crippen molar-refractivity contribution < 1.29 is 14.0 Å². The van der Waals surface area contributed by atoms with Gasteiger partial charge >= 0.3 is 0 Å². The zero-order valence-electron chi connectivity index (χ0n) is 11.4. The van der Waals surface area contributed by atoms with Crippen molar-refractivity contribution in [1.29, 1.82) is 0 Å². The van der Waals surface area contributed by atoms with E-state index in [1.54, 1.807) is 30.3 Å².